The molecule has 1 unspecified atom stereocenters. The van der Waals surface area contributed by atoms with Crippen molar-refractivity contribution in [2.75, 3.05) is 24.9 Å². The van der Waals surface area contributed by atoms with Crippen molar-refractivity contribution in [2.24, 2.45) is 0 Å². The zero-order valence-corrected chi connectivity index (χ0v) is 12.8. The molecule has 0 spiro atoms. The smallest absolute Gasteiger partial charge is 0.154 e. The number of fused-ring (bicyclic) bond motifs is 1. The van der Waals surface area contributed by atoms with Crippen molar-refractivity contribution < 1.29 is 9.84 Å². The van der Waals surface area contributed by atoms with E-state index in [9.17, 15) is 5.11 Å². The van der Waals surface area contributed by atoms with Crippen LogP contribution >= 0.6 is 0 Å². The fraction of sp³-hybridized carbons (Fsp3) is 0.571. The molecule has 0 aliphatic heterocycles. The van der Waals surface area contributed by atoms with Crippen molar-refractivity contribution in [1.82, 2.24) is 14.6 Å². The summed E-state index contributed by atoms with van der Waals surface area (Å²) in [5.74, 6) is 0.902. The van der Waals surface area contributed by atoms with E-state index >= 15 is 0 Å². The van der Waals surface area contributed by atoms with Crippen LogP contribution in [0.15, 0.2) is 6.20 Å². The normalized spacial score (nSPS) is 12.8. The first kappa shape index (κ1) is 15.5. The third-order valence-corrected chi connectivity index (χ3v) is 3.58. The first-order valence-electron chi connectivity index (χ1n) is 7.11. The molecule has 0 aromatic carbocycles. The number of hydrogen-bond acceptors (Lipinski definition) is 6. The third-order valence-electron chi connectivity index (χ3n) is 3.58. The lowest BCUT2D eigenvalue weighted by Gasteiger charge is -2.21. The van der Waals surface area contributed by atoms with Crippen LogP contribution in [0.5, 0.6) is 0 Å². The predicted molar refractivity (Wildman–Crippen MR) is 82.5 cm³/mol. The second-order valence-corrected chi connectivity index (χ2v) is 5.06. The molecular formula is C14H23N5O2. The van der Waals surface area contributed by atoms with Gasteiger partial charge >= 0.3 is 0 Å². The van der Waals surface area contributed by atoms with E-state index < -0.39 is 0 Å². The van der Waals surface area contributed by atoms with Gasteiger partial charge in [-0.3, -0.25) is 0 Å². The predicted octanol–water partition coefficient (Wildman–Crippen LogP) is 1.17. The summed E-state index contributed by atoms with van der Waals surface area (Å²) in [6.45, 7) is 4.57. The minimum Gasteiger partial charge on any atom is -0.388 e. The van der Waals surface area contributed by atoms with Gasteiger partial charge in [0, 0.05) is 26.0 Å². The van der Waals surface area contributed by atoms with Gasteiger partial charge in [0.15, 0.2) is 11.6 Å². The minimum absolute atomic E-state index is 0.165. The summed E-state index contributed by atoms with van der Waals surface area (Å²) in [6, 6.07) is 0.224. The largest absolute Gasteiger partial charge is 0.388 e. The van der Waals surface area contributed by atoms with Crippen LogP contribution in [0.1, 0.15) is 31.2 Å². The lowest BCUT2D eigenvalue weighted by Crippen LogP contribution is -2.30. The van der Waals surface area contributed by atoms with Crippen LogP contribution in [0.3, 0.4) is 0 Å². The van der Waals surface area contributed by atoms with Gasteiger partial charge in [0.05, 0.1) is 5.52 Å². The molecule has 0 saturated carbocycles. The number of rotatable bonds is 7. The molecule has 7 heteroatoms. The van der Waals surface area contributed by atoms with Crippen molar-refractivity contribution in [3.8, 4) is 0 Å². The summed E-state index contributed by atoms with van der Waals surface area (Å²) in [7, 11) is 1.69. The Labute approximate surface area is 124 Å². The van der Waals surface area contributed by atoms with E-state index in [4.69, 9.17) is 10.5 Å². The van der Waals surface area contributed by atoms with Crippen LogP contribution in [-0.2, 0) is 11.3 Å². The number of aromatic nitrogens is 3. The SMILES string of the molecule is CCC(CCOC)Nn1c(CO)nc2c(N)ncc(C)c21. The number of imidazole rings is 1. The van der Waals surface area contributed by atoms with Crippen molar-refractivity contribution in [1.29, 1.82) is 0 Å². The lowest BCUT2D eigenvalue weighted by atomic mass is 10.2. The molecule has 2 heterocycles. The number of aliphatic hydroxyl groups is 1. The van der Waals surface area contributed by atoms with E-state index in [2.05, 4.69) is 22.3 Å². The molecule has 0 fully saturated rings. The van der Waals surface area contributed by atoms with Crippen LogP contribution in [0.4, 0.5) is 5.82 Å². The quantitative estimate of drug-likeness (QED) is 0.709. The molecule has 21 heavy (non-hydrogen) atoms. The molecule has 0 aliphatic carbocycles. The second kappa shape index (κ2) is 6.73. The molecule has 0 amide bonds. The van der Waals surface area contributed by atoms with Gasteiger partial charge in [-0.15, -0.1) is 0 Å². The van der Waals surface area contributed by atoms with Gasteiger partial charge in [-0.1, -0.05) is 6.92 Å². The number of aliphatic hydroxyl groups excluding tert-OH is 1. The number of nitrogens with one attached hydrogen (secondary N) is 1. The molecule has 0 saturated heterocycles. The van der Waals surface area contributed by atoms with Gasteiger partial charge in [-0.2, -0.15) is 0 Å². The number of nitrogens with two attached hydrogens (primary N) is 1. The number of hydrogen-bond donors (Lipinski definition) is 3. The average Bonchev–Trinajstić information content (AvgIpc) is 2.87. The average molecular weight is 293 g/mol. The summed E-state index contributed by atoms with van der Waals surface area (Å²) in [5.41, 5.74) is 11.7. The summed E-state index contributed by atoms with van der Waals surface area (Å²) in [4.78, 5) is 8.51. The topological polar surface area (TPSA) is 98.2 Å². The Bertz CT molecular complexity index is 611. The van der Waals surface area contributed by atoms with E-state index in [1.807, 2.05) is 11.6 Å². The van der Waals surface area contributed by atoms with Gasteiger partial charge < -0.3 is 21.0 Å². The maximum atomic E-state index is 9.55. The Kier molecular flexibility index (Phi) is 4.98. The number of ether oxygens (including phenoxy) is 1. The highest BCUT2D eigenvalue weighted by molar-refractivity contribution is 5.87. The Balaban J connectivity index is 2.43. The van der Waals surface area contributed by atoms with E-state index in [0.717, 1.165) is 23.9 Å². The summed E-state index contributed by atoms with van der Waals surface area (Å²) >= 11 is 0. The molecule has 116 valence electrons. The molecule has 2 aromatic heterocycles. The fourth-order valence-corrected chi connectivity index (χ4v) is 2.35. The van der Waals surface area contributed by atoms with E-state index in [1.165, 1.54) is 0 Å². The zero-order valence-electron chi connectivity index (χ0n) is 12.8. The van der Waals surface area contributed by atoms with Gasteiger partial charge in [0.2, 0.25) is 0 Å². The summed E-state index contributed by atoms with van der Waals surface area (Å²) in [6.07, 6.45) is 3.53. The lowest BCUT2D eigenvalue weighted by molar-refractivity contribution is 0.187. The van der Waals surface area contributed by atoms with Crippen molar-refractivity contribution in [2.45, 2.75) is 39.3 Å². The van der Waals surface area contributed by atoms with Crippen molar-refractivity contribution in [3.05, 3.63) is 17.6 Å². The Hall–Kier alpha value is -1.86. The molecule has 0 radical (unpaired) electrons. The van der Waals surface area contributed by atoms with E-state index in [0.29, 0.717) is 23.8 Å². The fourth-order valence-electron chi connectivity index (χ4n) is 2.35. The highest BCUT2D eigenvalue weighted by atomic mass is 16.5. The first-order valence-corrected chi connectivity index (χ1v) is 7.11. The molecule has 0 aliphatic rings. The van der Waals surface area contributed by atoms with Gasteiger partial charge in [0.25, 0.3) is 0 Å². The molecule has 7 nitrogen and oxygen atoms in total. The van der Waals surface area contributed by atoms with E-state index in [-0.39, 0.29) is 12.6 Å². The van der Waals surface area contributed by atoms with Crippen LogP contribution in [-0.4, -0.2) is 39.5 Å². The summed E-state index contributed by atoms with van der Waals surface area (Å²) < 4.78 is 6.96. The Morgan fingerprint density at radius 1 is 1.52 bits per heavy atom. The zero-order chi connectivity index (χ0) is 15.4. The highest BCUT2D eigenvalue weighted by Crippen LogP contribution is 2.23. The van der Waals surface area contributed by atoms with Crippen LogP contribution < -0.4 is 11.2 Å². The van der Waals surface area contributed by atoms with Gasteiger partial charge in [0.1, 0.15) is 12.1 Å². The Morgan fingerprint density at radius 3 is 2.90 bits per heavy atom. The molecule has 2 aromatic rings. The third kappa shape index (κ3) is 3.08. The maximum Gasteiger partial charge on any atom is 0.154 e. The Morgan fingerprint density at radius 2 is 2.29 bits per heavy atom. The van der Waals surface area contributed by atoms with Gasteiger partial charge in [-0.05, 0) is 25.3 Å². The number of anilines is 1. The monoisotopic (exact) mass is 293 g/mol. The number of aryl methyl sites for hydroxylation is 1. The number of nitrogens with zero attached hydrogens (tertiary/aromatic N) is 3. The molecule has 0 bridgehead atoms. The number of nitrogen functional groups attached to an aromatic ring is 1. The second-order valence-electron chi connectivity index (χ2n) is 5.06. The van der Waals surface area contributed by atoms with Crippen molar-refractivity contribution in [3.63, 3.8) is 0 Å². The number of methoxy groups -OCH3 is 1. The highest BCUT2D eigenvalue weighted by Gasteiger charge is 2.17. The molecule has 2 rings (SSSR count). The van der Waals surface area contributed by atoms with E-state index in [1.54, 1.807) is 13.3 Å². The van der Waals surface area contributed by atoms with Crippen LogP contribution in [0.25, 0.3) is 11.0 Å². The van der Waals surface area contributed by atoms with Crippen molar-refractivity contribution >= 4 is 16.9 Å². The molecular weight excluding hydrogens is 270 g/mol. The maximum absolute atomic E-state index is 9.55. The number of pyridine rings is 1. The van der Waals surface area contributed by atoms with Crippen LogP contribution in [0.2, 0.25) is 0 Å². The molecule has 1 atom stereocenters. The minimum atomic E-state index is -0.165. The molecule has 4 N–H and O–H groups in total. The standard InChI is InChI=1S/C14H23N5O2/c1-4-10(5-6-21-3)18-19-11(8-20)17-12-13(19)9(2)7-16-14(12)15/h7,10,18,20H,4-6,8H2,1-3H3,(H2,15,16). The summed E-state index contributed by atoms with van der Waals surface area (Å²) in [5, 5.41) is 9.55. The first-order chi connectivity index (χ1) is 10.1. The van der Waals surface area contributed by atoms with Gasteiger partial charge in [-0.25, -0.2) is 14.6 Å². The van der Waals surface area contributed by atoms with Crippen LogP contribution in [0, 0.1) is 6.92 Å².